The van der Waals surface area contributed by atoms with Crippen molar-refractivity contribution in [3.63, 3.8) is 0 Å². The molecule has 2 rings (SSSR count). The summed E-state index contributed by atoms with van der Waals surface area (Å²) in [6, 6.07) is 5.76. The maximum atomic E-state index is 6.20. The van der Waals surface area contributed by atoms with Crippen LogP contribution in [0.5, 0.6) is 5.75 Å². The molecule has 3 nitrogen and oxygen atoms in total. The second-order valence-electron chi connectivity index (χ2n) is 5.60. The van der Waals surface area contributed by atoms with Crippen LogP contribution >= 0.6 is 11.6 Å². The van der Waals surface area contributed by atoms with E-state index in [0.717, 1.165) is 29.2 Å². The van der Waals surface area contributed by atoms with E-state index in [4.69, 9.17) is 21.1 Å². The van der Waals surface area contributed by atoms with E-state index in [2.05, 4.69) is 19.2 Å². The molecule has 106 valence electrons. The highest BCUT2D eigenvalue weighted by molar-refractivity contribution is 6.31. The maximum absolute atomic E-state index is 6.20. The minimum absolute atomic E-state index is 0.0177. The first-order chi connectivity index (χ1) is 9.02. The highest BCUT2D eigenvalue weighted by Crippen LogP contribution is 2.31. The molecule has 1 fully saturated rings. The number of hydrogen-bond donors (Lipinski definition) is 1. The van der Waals surface area contributed by atoms with Gasteiger partial charge in [0.05, 0.1) is 11.7 Å². The molecule has 1 aromatic rings. The van der Waals surface area contributed by atoms with Crippen LogP contribution in [0.1, 0.15) is 32.3 Å². The Balaban J connectivity index is 1.98. The van der Waals surface area contributed by atoms with Crippen molar-refractivity contribution in [2.75, 3.05) is 13.7 Å². The molecule has 0 aliphatic carbocycles. The Bertz CT molecular complexity index is 434. The number of rotatable bonds is 5. The molecule has 1 aliphatic rings. The first-order valence-electron chi connectivity index (χ1n) is 6.74. The maximum Gasteiger partial charge on any atom is 0.125 e. The van der Waals surface area contributed by atoms with E-state index in [0.29, 0.717) is 13.2 Å². The van der Waals surface area contributed by atoms with Crippen molar-refractivity contribution in [1.29, 1.82) is 0 Å². The van der Waals surface area contributed by atoms with Crippen molar-refractivity contribution in [2.24, 2.45) is 0 Å². The van der Waals surface area contributed by atoms with Gasteiger partial charge < -0.3 is 14.8 Å². The molecule has 1 saturated heterocycles. The van der Waals surface area contributed by atoms with Crippen molar-refractivity contribution in [3.05, 3.63) is 28.8 Å². The van der Waals surface area contributed by atoms with Gasteiger partial charge >= 0.3 is 0 Å². The molecule has 1 heterocycles. The number of halogens is 1. The van der Waals surface area contributed by atoms with Gasteiger partial charge in [0, 0.05) is 17.1 Å². The molecule has 1 aromatic carbocycles. The lowest BCUT2D eigenvalue weighted by atomic mass is 10.1. The minimum Gasteiger partial charge on any atom is -0.490 e. The minimum atomic E-state index is -0.0177. The van der Waals surface area contributed by atoms with Crippen LogP contribution in [-0.2, 0) is 11.3 Å². The van der Waals surface area contributed by atoms with Crippen molar-refractivity contribution >= 4 is 11.6 Å². The molecule has 0 aromatic heterocycles. The van der Waals surface area contributed by atoms with E-state index < -0.39 is 0 Å². The van der Waals surface area contributed by atoms with Crippen LogP contribution in [0.4, 0.5) is 0 Å². The van der Waals surface area contributed by atoms with Crippen LogP contribution in [0.2, 0.25) is 5.02 Å². The lowest BCUT2D eigenvalue weighted by Crippen LogP contribution is -2.24. The van der Waals surface area contributed by atoms with Crippen LogP contribution < -0.4 is 10.1 Å². The summed E-state index contributed by atoms with van der Waals surface area (Å²) in [4.78, 5) is 0. The molecule has 4 heteroatoms. The van der Waals surface area contributed by atoms with E-state index >= 15 is 0 Å². The lowest BCUT2D eigenvalue weighted by Gasteiger charge is -2.20. The Morgan fingerprint density at radius 2 is 2.26 bits per heavy atom. The first-order valence-corrected chi connectivity index (χ1v) is 7.12. The zero-order valence-electron chi connectivity index (χ0n) is 11.8. The molecule has 1 atom stereocenters. The van der Waals surface area contributed by atoms with E-state index in [1.807, 2.05) is 25.2 Å². The summed E-state index contributed by atoms with van der Waals surface area (Å²) in [5, 5.41) is 3.85. The Morgan fingerprint density at radius 1 is 1.47 bits per heavy atom. The summed E-state index contributed by atoms with van der Waals surface area (Å²) in [6.07, 6.45) is 2.31. The fourth-order valence-electron chi connectivity index (χ4n) is 2.40. The predicted octanol–water partition coefficient (Wildman–Crippen LogP) is 3.40. The zero-order valence-corrected chi connectivity index (χ0v) is 12.6. The second kappa shape index (κ2) is 6.12. The lowest BCUT2D eigenvalue weighted by molar-refractivity contribution is -0.0327. The molecule has 0 saturated carbocycles. The molecule has 19 heavy (non-hydrogen) atoms. The molecule has 0 amide bonds. The number of ether oxygens (including phenoxy) is 2. The van der Waals surface area contributed by atoms with E-state index in [1.165, 1.54) is 0 Å². The third-order valence-corrected chi connectivity index (χ3v) is 3.76. The molecule has 0 bridgehead atoms. The fraction of sp³-hybridized carbons (Fsp3) is 0.600. The normalized spacial score (nSPS) is 21.6. The second-order valence-corrected chi connectivity index (χ2v) is 6.00. The van der Waals surface area contributed by atoms with Gasteiger partial charge in [-0.05, 0) is 45.9 Å². The summed E-state index contributed by atoms with van der Waals surface area (Å²) in [5.74, 6) is 0.843. The number of nitrogens with one attached hydrogen (secondary N) is 1. The predicted molar refractivity (Wildman–Crippen MR) is 77.9 cm³/mol. The van der Waals surface area contributed by atoms with Crippen LogP contribution in [0.25, 0.3) is 0 Å². The number of hydrogen-bond acceptors (Lipinski definition) is 3. The van der Waals surface area contributed by atoms with Crippen molar-refractivity contribution < 1.29 is 9.47 Å². The van der Waals surface area contributed by atoms with Crippen LogP contribution in [-0.4, -0.2) is 25.4 Å². The van der Waals surface area contributed by atoms with Gasteiger partial charge in [0.2, 0.25) is 0 Å². The Morgan fingerprint density at radius 3 is 2.89 bits per heavy atom. The number of benzene rings is 1. The van der Waals surface area contributed by atoms with Gasteiger partial charge in [0.1, 0.15) is 12.4 Å². The van der Waals surface area contributed by atoms with Crippen molar-refractivity contribution in [3.8, 4) is 5.75 Å². The van der Waals surface area contributed by atoms with E-state index in [1.54, 1.807) is 0 Å². The first kappa shape index (κ1) is 14.6. The summed E-state index contributed by atoms with van der Waals surface area (Å²) in [5.41, 5.74) is 0.986. The molecular weight excluding hydrogens is 262 g/mol. The molecule has 1 unspecified atom stereocenters. The van der Waals surface area contributed by atoms with Gasteiger partial charge in [-0.15, -0.1) is 0 Å². The van der Waals surface area contributed by atoms with Crippen molar-refractivity contribution in [2.45, 2.75) is 44.9 Å². The zero-order chi connectivity index (χ0) is 13.9. The molecule has 0 spiro atoms. The standard InChI is InChI=1S/C15H22ClNO2/c1-15(2)8-7-11(19-15)10-18-14-6-4-5-13(16)12(14)9-17-3/h4-6,11,17H,7-10H2,1-3H3. The van der Waals surface area contributed by atoms with Gasteiger partial charge in [-0.3, -0.25) is 0 Å². The van der Waals surface area contributed by atoms with Crippen LogP contribution in [0, 0.1) is 0 Å². The largest absolute Gasteiger partial charge is 0.490 e. The Labute approximate surface area is 120 Å². The third kappa shape index (κ3) is 3.85. The highest BCUT2D eigenvalue weighted by Gasteiger charge is 2.32. The fourth-order valence-corrected chi connectivity index (χ4v) is 2.63. The highest BCUT2D eigenvalue weighted by atomic mass is 35.5. The Kier molecular flexibility index (Phi) is 4.71. The Hall–Kier alpha value is -0.770. The van der Waals surface area contributed by atoms with E-state index in [-0.39, 0.29) is 11.7 Å². The quantitative estimate of drug-likeness (QED) is 0.898. The summed E-state index contributed by atoms with van der Waals surface area (Å²) in [7, 11) is 1.90. The van der Waals surface area contributed by atoms with Gasteiger partial charge in [-0.2, -0.15) is 0 Å². The topological polar surface area (TPSA) is 30.5 Å². The molecule has 1 aliphatic heterocycles. The molecule has 0 radical (unpaired) electrons. The van der Waals surface area contributed by atoms with Gasteiger partial charge in [0.25, 0.3) is 0 Å². The summed E-state index contributed by atoms with van der Waals surface area (Å²) in [6.45, 7) is 5.53. The molecular formula is C15H22ClNO2. The average Bonchev–Trinajstić information content (AvgIpc) is 2.70. The van der Waals surface area contributed by atoms with Gasteiger partial charge in [-0.25, -0.2) is 0 Å². The SMILES string of the molecule is CNCc1c(Cl)cccc1OCC1CCC(C)(C)O1. The van der Waals surface area contributed by atoms with Gasteiger partial charge in [-0.1, -0.05) is 17.7 Å². The molecule has 1 N–H and O–H groups in total. The van der Waals surface area contributed by atoms with Gasteiger partial charge in [0.15, 0.2) is 0 Å². The van der Waals surface area contributed by atoms with Crippen LogP contribution in [0.3, 0.4) is 0 Å². The van der Waals surface area contributed by atoms with Crippen molar-refractivity contribution in [1.82, 2.24) is 5.32 Å². The summed E-state index contributed by atoms with van der Waals surface area (Å²) >= 11 is 6.20. The third-order valence-electron chi connectivity index (χ3n) is 3.41. The van der Waals surface area contributed by atoms with Crippen LogP contribution in [0.15, 0.2) is 18.2 Å². The smallest absolute Gasteiger partial charge is 0.125 e. The van der Waals surface area contributed by atoms with E-state index in [9.17, 15) is 0 Å². The summed E-state index contributed by atoms with van der Waals surface area (Å²) < 4.78 is 11.8. The average molecular weight is 284 g/mol. The monoisotopic (exact) mass is 283 g/mol.